The molecule has 0 aliphatic heterocycles. The van der Waals surface area contributed by atoms with E-state index >= 15 is 0 Å². The molecule has 19 heavy (non-hydrogen) atoms. The maximum absolute atomic E-state index is 3.90. The van der Waals surface area contributed by atoms with Crippen LogP contribution in [0.1, 0.15) is 44.5 Å². The number of hydrogen-bond donors (Lipinski definition) is 0. The van der Waals surface area contributed by atoms with Crippen LogP contribution in [0.15, 0.2) is 28.1 Å². The van der Waals surface area contributed by atoms with Gasteiger partial charge in [-0.25, -0.2) is 0 Å². The van der Waals surface area contributed by atoms with Crippen molar-refractivity contribution >= 4 is 53.3 Å². The summed E-state index contributed by atoms with van der Waals surface area (Å²) in [7, 11) is 0. The molecule has 0 fully saturated rings. The van der Waals surface area contributed by atoms with Gasteiger partial charge in [0, 0.05) is 14.0 Å². The van der Waals surface area contributed by atoms with Crippen molar-refractivity contribution in [2.24, 2.45) is 11.3 Å². The van der Waals surface area contributed by atoms with Crippen LogP contribution in [0.4, 0.5) is 0 Å². The minimum absolute atomic E-state index is 0.360. The van der Waals surface area contributed by atoms with E-state index in [-0.39, 0.29) is 0 Å². The minimum Gasteiger partial charge on any atom is -0.142 e. The summed E-state index contributed by atoms with van der Waals surface area (Å²) in [5, 5.41) is 3.67. The van der Waals surface area contributed by atoms with Gasteiger partial charge in [0.25, 0.3) is 0 Å². The molecule has 0 N–H and O–H groups in total. The van der Waals surface area contributed by atoms with Crippen molar-refractivity contribution in [3.8, 4) is 0 Å². The highest BCUT2D eigenvalue weighted by Crippen LogP contribution is 2.43. The second kappa shape index (κ2) is 5.87. The molecular formula is C16H20Br2S. The average Bonchev–Trinajstić information content (AvgIpc) is 2.72. The van der Waals surface area contributed by atoms with Gasteiger partial charge in [-0.15, -0.1) is 11.3 Å². The van der Waals surface area contributed by atoms with Crippen molar-refractivity contribution in [2.75, 3.05) is 0 Å². The predicted molar refractivity (Wildman–Crippen MR) is 94.4 cm³/mol. The van der Waals surface area contributed by atoms with Gasteiger partial charge in [-0.05, 0) is 56.1 Å². The van der Waals surface area contributed by atoms with Crippen molar-refractivity contribution in [1.29, 1.82) is 0 Å². The van der Waals surface area contributed by atoms with E-state index in [1.54, 1.807) is 0 Å². The van der Waals surface area contributed by atoms with E-state index in [2.05, 4.69) is 83.1 Å². The maximum atomic E-state index is 3.90. The third kappa shape index (κ3) is 3.43. The number of alkyl halides is 1. The van der Waals surface area contributed by atoms with Gasteiger partial charge in [0.05, 0.1) is 0 Å². The summed E-state index contributed by atoms with van der Waals surface area (Å²) in [5.41, 5.74) is 1.79. The normalized spacial score (nSPS) is 15.7. The summed E-state index contributed by atoms with van der Waals surface area (Å²) < 4.78 is 2.55. The van der Waals surface area contributed by atoms with Gasteiger partial charge in [-0.1, -0.05) is 55.8 Å². The van der Waals surface area contributed by atoms with Gasteiger partial charge in [0.2, 0.25) is 0 Å². The Kier molecular flexibility index (Phi) is 4.79. The Balaban J connectivity index is 2.27. The Hall–Kier alpha value is 0.140. The zero-order chi connectivity index (χ0) is 14.2. The summed E-state index contributed by atoms with van der Waals surface area (Å²) >= 11 is 9.36. The lowest BCUT2D eigenvalue weighted by atomic mass is 9.79. The summed E-state index contributed by atoms with van der Waals surface area (Å²) in [6.45, 7) is 9.30. The first-order valence-electron chi connectivity index (χ1n) is 6.60. The molecule has 2 rings (SSSR count). The van der Waals surface area contributed by atoms with Crippen LogP contribution >= 0.6 is 43.2 Å². The molecule has 2 unspecified atom stereocenters. The average molecular weight is 404 g/mol. The zero-order valence-electron chi connectivity index (χ0n) is 11.8. The van der Waals surface area contributed by atoms with Crippen LogP contribution < -0.4 is 0 Å². The summed E-state index contributed by atoms with van der Waals surface area (Å²) in [4.78, 5) is 0.435. The Morgan fingerprint density at radius 1 is 1.26 bits per heavy atom. The summed E-state index contributed by atoms with van der Waals surface area (Å²) in [6.07, 6.45) is 1.17. The van der Waals surface area contributed by atoms with Crippen molar-refractivity contribution in [1.82, 2.24) is 0 Å². The molecule has 0 aliphatic rings. The first-order chi connectivity index (χ1) is 8.80. The smallest absolute Gasteiger partial charge is 0.0488 e. The molecule has 104 valence electrons. The van der Waals surface area contributed by atoms with E-state index in [1.807, 2.05) is 11.3 Å². The largest absolute Gasteiger partial charge is 0.142 e. The van der Waals surface area contributed by atoms with Crippen LogP contribution in [0, 0.1) is 11.3 Å². The van der Waals surface area contributed by atoms with Crippen molar-refractivity contribution < 1.29 is 0 Å². The minimum atomic E-state index is 0.360. The van der Waals surface area contributed by atoms with Gasteiger partial charge < -0.3 is 0 Å². The highest BCUT2D eigenvalue weighted by molar-refractivity contribution is 9.10. The predicted octanol–water partition coefficient (Wildman–Crippen LogP) is 7.17. The van der Waals surface area contributed by atoms with Gasteiger partial charge in [0.15, 0.2) is 0 Å². The van der Waals surface area contributed by atoms with Crippen LogP contribution in [0.2, 0.25) is 0 Å². The van der Waals surface area contributed by atoms with Crippen LogP contribution in [0.5, 0.6) is 0 Å². The molecule has 0 radical (unpaired) electrons. The second-order valence-electron chi connectivity index (χ2n) is 6.28. The monoisotopic (exact) mass is 402 g/mol. The molecule has 0 saturated carbocycles. The molecular weight excluding hydrogens is 384 g/mol. The molecule has 0 amide bonds. The molecule has 0 nitrogen and oxygen atoms in total. The molecule has 0 spiro atoms. The van der Waals surface area contributed by atoms with E-state index in [1.165, 1.54) is 26.5 Å². The molecule has 2 aromatic rings. The van der Waals surface area contributed by atoms with Crippen LogP contribution in [-0.4, -0.2) is 0 Å². The van der Waals surface area contributed by atoms with E-state index in [0.717, 1.165) is 0 Å². The van der Waals surface area contributed by atoms with Gasteiger partial charge in [-0.2, -0.15) is 0 Å². The van der Waals surface area contributed by atoms with Crippen LogP contribution in [0.3, 0.4) is 0 Å². The third-order valence-electron chi connectivity index (χ3n) is 3.96. The quantitative estimate of drug-likeness (QED) is 0.476. The lowest BCUT2D eigenvalue weighted by Crippen LogP contribution is -2.18. The molecule has 0 saturated heterocycles. The van der Waals surface area contributed by atoms with E-state index < -0.39 is 0 Å². The fraction of sp³-hybridized carbons (Fsp3) is 0.500. The number of thiophene rings is 1. The fourth-order valence-corrected chi connectivity index (χ4v) is 4.87. The maximum Gasteiger partial charge on any atom is 0.0488 e. The van der Waals surface area contributed by atoms with Crippen LogP contribution in [0.25, 0.3) is 10.1 Å². The molecule has 3 heteroatoms. The Labute approximate surface area is 136 Å². The fourth-order valence-electron chi connectivity index (χ4n) is 2.08. The molecule has 2 atom stereocenters. The molecule has 1 aromatic heterocycles. The van der Waals surface area contributed by atoms with Gasteiger partial charge >= 0.3 is 0 Å². The Morgan fingerprint density at radius 3 is 2.58 bits per heavy atom. The van der Waals surface area contributed by atoms with E-state index in [4.69, 9.17) is 0 Å². The molecule has 1 heterocycles. The lowest BCUT2D eigenvalue weighted by molar-refractivity contribution is 0.247. The van der Waals surface area contributed by atoms with Crippen molar-refractivity contribution in [3.63, 3.8) is 0 Å². The number of rotatable bonds is 3. The van der Waals surface area contributed by atoms with Gasteiger partial charge in [-0.3, -0.25) is 0 Å². The van der Waals surface area contributed by atoms with Crippen molar-refractivity contribution in [3.05, 3.63) is 33.6 Å². The number of hydrogen-bond acceptors (Lipinski definition) is 1. The SMILES string of the molecule is CC(CC(Br)c1csc2c(Br)cccc12)C(C)(C)C. The number of halogens is 2. The molecule has 0 bridgehead atoms. The number of fused-ring (bicyclic) bond motifs is 1. The van der Waals surface area contributed by atoms with E-state index in [9.17, 15) is 0 Å². The Morgan fingerprint density at radius 2 is 1.95 bits per heavy atom. The zero-order valence-corrected chi connectivity index (χ0v) is 15.8. The standard InChI is InChI=1S/C16H20Br2S/c1-10(16(2,3)4)8-14(18)12-9-19-15-11(12)6-5-7-13(15)17/h5-7,9-10,14H,8H2,1-4H3. The first-order valence-corrected chi connectivity index (χ1v) is 9.19. The Bertz CT molecular complexity index is 566. The topological polar surface area (TPSA) is 0 Å². The molecule has 1 aromatic carbocycles. The highest BCUT2D eigenvalue weighted by Gasteiger charge is 2.24. The molecule has 0 aliphatic carbocycles. The van der Waals surface area contributed by atoms with Crippen LogP contribution in [-0.2, 0) is 0 Å². The second-order valence-corrected chi connectivity index (χ2v) is 9.12. The van der Waals surface area contributed by atoms with Crippen molar-refractivity contribution in [2.45, 2.75) is 38.9 Å². The summed E-state index contributed by atoms with van der Waals surface area (Å²) in [6, 6.07) is 6.46. The van der Waals surface area contributed by atoms with E-state index in [0.29, 0.717) is 16.2 Å². The summed E-state index contributed by atoms with van der Waals surface area (Å²) in [5.74, 6) is 0.680. The lowest BCUT2D eigenvalue weighted by Gasteiger charge is -2.29. The third-order valence-corrected chi connectivity index (χ3v) is 6.80. The van der Waals surface area contributed by atoms with Gasteiger partial charge in [0.1, 0.15) is 0 Å². The highest BCUT2D eigenvalue weighted by atomic mass is 79.9. The first kappa shape index (κ1) is 15.5. The number of benzene rings is 1.